The van der Waals surface area contributed by atoms with Crippen molar-refractivity contribution in [2.24, 2.45) is 0 Å². The van der Waals surface area contributed by atoms with Crippen LogP contribution in [-0.2, 0) is 25.9 Å². The topological polar surface area (TPSA) is 21.1 Å². The Morgan fingerprint density at radius 1 is 1.13 bits per heavy atom. The third kappa shape index (κ3) is 3.80. The highest BCUT2D eigenvalue weighted by Crippen LogP contribution is 2.37. The quantitative estimate of drug-likeness (QED) is 0.518. The van der Waals surface area contributed by atoms with Gasteiger partial charge < -0.3 is 9.47 Å². The van der Waals surface area contributed by atoms with Crippen molar-refractivity contribution in [2.75, 3.05) is 11.4 Å². The van der Waals surface area contributed by atoms with Crippen LogP contribution in [0.15, 0.2) is 54.3 Å². The molecule has 3 heterocycles. The number of fused-ring (bicyclic) bond motifs is 2. The molecule has 0 saturated carbocycles. The molecule has 0 fully saturated rings. The Morgan fingerprint density at radius 3 is 2.68 bits per heavy atom. The smallest absolute Gasteiger partial charge is 0.153 e. The Hall–Kier alpha value is -2.52. The van der Waals surface area contributed by atoms with Gasteiger partial charge in [0.25, 0.3) is 0 Å². The van der Waals surface area contributed by atoms with Crippen molar-refractivity contribution in [1.29, 1.82) is 0 Å². The van der Waals surface area contributed by atoms with E-state index in [9.17, 15) is 0 Å². The molecule has 0 bridgehead atoms. The van der Waals surface area contributed by atoms with Gasteiger partial charge in [-0.2, -0.15) is 0 Å². The molecular formula is C27H28ClN3. The van der Waals surface area contributed by atoms with Crippen LogP contribution in [0, 0.1) is 26.7 Å². The Kier molecular flexibility index (Phi) is 6.24. The lowest BCUT2D eigenvalue weighted by Crippen LogP contribution is -2.31. The average molecular weight is 430 g/mol. The monoisotopic (exact) mass is 429 g/mol. The zero-order valence-corrected chi connectivity index (χ0v) is 19.2. The molecule has 31 heavy (non-hydrogen) atoms. The predicted octanol–water partition coefficient (Wildman–Crippen LogP) is 5.86. The normalized spacial score (nSPS) is 15.6. The van der Waals surface area contributed by atoms with Gasteiger partial charge in [0, 0.05) is 49.8 Å². The van der Waals surface area contributed by atoms with Gasteiger partial charge in [0.15, 0.2) is 5.82 Å². The highest BCUT2D eigenvalue weighted by atomic mass is 35.5. The molecule has 0 unspecified atom stereocenters. The second-order valence-corrected chi connectivity index (χ2v) is 8.24. The summed E-state index contributed by atoms with van der Waals surface area (Å²) >= 11 is 0. The zero-order valence-electron chi connectivity index (χ0n) is 18.4. The molecule has 1 aliphatic heterocycles. The van der Waals surface area contributed by atoms with Gasteiger partial charge in [-0.25, -0.2) is 4.98 Å². The summed E-state index contributed by atoms with van der Waals surface area (Å²) < 4.78 is 2.44. The second kappa shape index (κ2) is 8.92. The number of hydrogen-bond donors (Lipinski definition) is 0. The SMILES string of the molecule is CCc1cnc(N2CCc3ccccc3C2)c2c1c(C)c(C)n2CC1=CC=C[C][C]1.Cl. The van der Waals surface area contributed by atoms with E-state index in [1.165, 1.54) is 38.9 Å². The maximum absolute atomic E-state index is 5.02. The van der Waals surface area contributed by atoms with Gasteiger partial charge in [-0.15, -0.1) is 12.4 Å². The van der Waals surface area contributed by atoms with E-state index < -0.39 is 0 Å². The molecule has 3 aromatic rings. The minimum absolute atomic E-state index is 0. The third-order valence-electron chi connectivity index (χ3n) is 6.55. The van der Waals surface area contributed by atoms with Crippen LogP contribution in [0.4, 0.5) is 5.82 Å². The first-order valence-electron chi connectivity index (χ1n) is 10.8. The molecule has 1 aliphatic carbocycles. The molecule has 4 heteroatoms. The summed E-state index contributed by atoms with van der Waals surface area (Å²) in [5.74, 6) is 1.10. The first-order valence-corrected chi connectivity index (χ1v) is 10.8. The van der Waals surface area contributed by atoms with Crippen molar-refractivity contribution in [1.82, 2.24) is 9.55 Å². The minimum Gasteiger partial charge on any atom is -0.350 e. The predicted molar refractivity (Wildman–Crippen MR) is 131 cm³/mol. The van der Waals surface area contributed by atoms with Crippen LogP contribution in [0.2, 0.25) is 0 Å². The van der Waals surface area contributed by atoms with E-state index in [-0.39, 0.29) is 12.4 Å². The van der Waals surface area contributed by atoms with E-state index in [1.54, 1.807) is 0 Å². The fraction of sp³-hybridized carbons (Fsp3) is 0.296. The number of hydrogen-bond acceptors (Lipinski definition) is 2. The number of pyridine rings is 1. The Morgan fingerprint density at radius 2 is 1.94 bits per heavy atom. The number of aryl methyl sites for hydroxylation is 2. The number of halogens is 1. The molecule has 0 spiro atoms. The van der Waals surface area contributed by atoms with Crippen LogP contribution in [0.1, 0.15) is 34.9 Å². The lowest BCUT2D eigenvalue weighted by molar-refractivity contribution is 0.716. The van der Waals surface area contributed by atoms with Crippen molar-refractivity contribution < 1.29 is 0 Å². The summed E-state index contributed by atoms with van der Waals surface area (Å²) in [5, 5.41) is 1.37. The van der Waals surface area contributed by atoms with E-state index in [0.29, 0.717) is 0 Å². The minimum atomic E-state index is 0. The summed E-state index contributed by atoms with van der Waals surface area (Å²) in [4.78, 5) is 7.48. The van der Waals surface area contributed by atoms with Gasteiger partial charge in [-0.05, 0) is 54.5 Å². The van der Waals surface area contributed by atoms with E-state index in [0.717, 1.165) is 43.9 Å². The maximum atomic E-state index is 5.02. The summed E-state index contributed by atoms with van der Waals surface area (Å²) in [5.41, 5.74) is 9.29. The first-order chi connectivity index (χ1) is 14.7. The van der Waals surface area contributed by atoms with Crippen molar-refractivity contribution in [3.05, 3.63) is 95.1 Å². The van der Waals surface area contributed by atoms with Gasteiger partial charge in [0.2, 0.25) is 0 Å². The van der Waals surface area contributed by atoms with Crippen LogP contribution in [0.5, 0.6) is 0 Å². The number of allylic oxidation sites excluding steroid dienone is 4. The number of benzene rings is 1. The Bertz CT molecular complexity index is 1170. The summed E-state index contributed by atoms with van der Waals surface area (Å²) in [6.45, 7) is 9.41. The molecule has 0 saturated heterocycles. The molecular weight excluding hydrogens is 402 g/mol. The number of rotatable bonds is 4. The van der Waals surface area contributed by atoms with Crippen LogP contribution in [0.25, 0.3) is 10.9 Å². The Labute approximate surface area is 191 Å². The molecule has 0 N–H and O–H groups in total. The van der Waals surface area contributed by atoms with Gasteiger partial charge in [-0.3, -0.25) is 0 Å². The first kappa shape index (κ1) is 21.7. The van der Waals surface area contributed by atoms with Gasteiger partial charge in [0.1, 0.15) is 0 Å². The number of nitrogens with zero attached hydrogens (tertiary/aromatic N) is 3. The second-order valence-electron chi connectivity index (χ2n) is 8.24. The molecule has 0 amide bonds. The van der Waals surface area contributed by atoms with Crippen molar-refractivity contribution >= 4 is 29.1 Å². The number of aromatic nitrogens is 2. The number of anilines is 1. The third-order valence-corrected chi connectivity index (χ3v) is 6.55. The highest BCUT2D eigenvalue weighted by Gasteiger charge is 2.24. The van der Waals surface area contributed by atoms with Gasteiger partial charge >= 0.3 is 0 Å². The van der Waals surface area contributed by atoms with E-state index >= 15 is 0 Å². The molecule has 3 nitrogen and oxygen atoms in total. The fourth-order valence-corrected chi connectivity index (χ4v) is 4.78. The van der Waals surface area contributed by atoms with Crippen LogP contribution < -0.4 is 4.90 Å². The largest absolute Gasteiger partial charge is 0.350 e. The van der Waals surface area contributed by atoms with Crippen molar-refractivity contribution in [3.63, 3.8) is 0 Å². The van der Waals surface area contributed by atoms with E-state index in [4.69, 9.17) is 4.98 Å². The summed E-state index contributed by atoms with van der Waals surface area (Å²) in [6.07, 6.45) is 16.6. The van der Waals surface area contributed by atoms with Crippen molar-refractivity contribution in [2.45, 2.75) is 46.7 Å². The lowest BCUT2D eigenvalue weighted by Gasteiger charge is -2.31. The van der Waals surface area contributed by atoms with Crippen LogP contribution in [-0.4, -0.2) is 16.1 Å². The highest BCUT2D eigenvalue weighted by molar-refractivity contribution is 5.96. The maximum Gasteiger partial charge on any atom is 0.153 e. The molecule has 4 radical (unpaired) electrons. The molecule has 5 rings (SSSR count). The summed E-state index contributed by atoms with van der Waals surface area (Å²) in [6, 6.07) is 8.80. The fourth-order valence-electron chi connectivity index (χ4n) is 4.78. The summed E-state index contributed by atoms with van der Waals surface area (Å²) in [7, 11) is 0. The zero-order chi connectivity index (χ0) is 20.7. The lowest BCUT2D eigenvalue weighted by atomic mass is 9.99. The van der Waals surface area contributed by atoms with Gasteiger partial charge in [-0.1, -0.05) is 49.4 Å². The molecule has 158 valence electrons. The van der Waals surface area contributed by atoms with E-state index in [1.807, 2.05) is 12.2 Å². The molecule has 2 aromatic heterocycles. The average Bonchev–Trinajstić information content (AvgIpc) is 3.04. The molecule has 1 aromatic carbocycles. The van der Waals surface area contributed by atoms with Crippen LogP contribution >= 0.6 is 12.4 Å². The van der Waals surface area contributed by atoms with E-state index in [2.05, 4.69) is 79.6 Å². The van der Waals surface area contributed by atoms with Crippen LogP contribution in [0.3, 0.4) is 0 Å². The van der Waals surface area contributed by atoms with Gasteiger partial charge in [0.05, 0.1) is 5.52 Å². The van der Waals surface area contributed by atoms with Crippen molar-refractivity contribution in [3.8, 4) is 0 Å². The Balaban J connectivity index is 0.00000231. The standard InChI is InChI=1S/C27H27N3.ClH/c1-4-22-16-28-27(29-15-14-23-12-8-9-13-24(23)18-29)26-25(22)19(2)20(3)30(26)17-21-10-6-5-7-11-21;/h5-6,8-10,12-13,16H,4,14-15,17-18H2,1-3H3;1H. The molecule has 0 atom stereocenters. The molecule has 2 aliphatic rings.